The van der Waals surface area contributed by atoms with E-state index in [0.29, 0.717) is 32.4 Å². The zero-order valence-electron chi connectivity index (χ0n) is 15.4. The third-order valence-corrected chi connectivity index (χ3v) is 5.09. The highest BCUT2D eigenvalue weighted by molar-refractivity contribution is 6.03. The number of para-hydroxylation sites is 3. The SMILES string of the molecule is O=C(NCCCn1c(=O)[nH]c2ccccc21)C1CCC(=O)N1c1ccccc1. The molecule has 4 rings (SSSR count). The molecule has 2 heterocycles. The summed E-state index contributed by atoms with van der Waals surface area (Å²) in [7, 11) is 0. The minimum Gasteiger partial charge on any atom is -0.354 e. The standard InChI is InChI=1S/C21H22N4O3/c26-19-12-11-18(25(19)15-7-2-1-3-8-15)20(27)22-13-6-14-24-17-10-5-4-9-16(17)23-21(24)28/h1-5,7-10,18H,6,11-14H2,(H,22,27)(H,23,28). The van der Waals surface area contributed by atoms with Crippen LogP contribution in [0.2, 0.25) is 0 Å². The Balaban J connectivity index is 1.36. The van der Waals surface area contributed by atoms with Crippen LogP contribution in [0.25, 0.3) is 11.0 Å². The lowest BCUT2D eigenvalue weighted by atomic mass is 10.2. The molecule has 1 atom stereocenters. The first-order valence-electron chi connectivity index (χ1n) is 9.47. The van der Waals surface area contributed by atoms with Gasteiger partial charge in [-0.25, -0.2) is 4.79 Å². The van der Waals surface area contributed by atoms with Gasteiger partial charge in [0.25, 0.3) is 0 Å². The molecule has 0 aliphatic carbocycles. The molecule has 2 amide bonds. The summed E-state index contributed by atoms with van der Waals surface area (Å²) in [5, 5.41) is 2.92. The van der Waals surface area contributed by atoms with Crippen molar-refractivity contribution in [2.45, 2.75) is 31.8 Å². The molecular weight excluding hydrogens is 356 g/mol. The van der Waals surface area contributed by atoms with Crippen molar-refractivity contribution in [1.29, 1.82) is 0 Å². The Labute approximate surface area is 162 Å². The Morgan fingerprint density at radius 1 is 1.07 bits per heavy atom. The van der Waals surface area contributed by atoms with E-state index in [9.17, 15) is 14.4 Å². The molecule has 0 radical (unpaired) electrons. The Hall–Kier alpha value is -3.35. The van der Waals surface area contributed by atoms with Crippen LogP contribution in [0.5, 0.6) is 0 Å². The number of rotatable bonds is 6. The first-order valence-corrected chi connectivity index (χ1v) is 9.47. The van der Waals surface area contributed by atoms with E-state index in [-0.39, 0.29) is 17.5 Å². The van der Waals surface area contributed by atoms with Crippen molar-refractivity contribution in [2.24, 2.45) is 0 Å². The van der Waals surface area contributed by atoms with E-state index in [1.807, 2.05) is 54.6 Å². The van der Waals surface area contributed by atoms with E-state index in [4.69, 9.17) is 0 Å². The average Bonchev–Trinajstić information content (AvgIpc) is 3.25. The van der Waals surface area contributed by atoms with Gasteiger partial charge in [0.2, 0.25) is 11.8 Å². The van der Waals surface area contributed by atoms with Gasteiger partial charge in [0.15, 0.2) is 0 Å². The molecule has 7 nitrogen and oxygen atoms in total. The van der Waals surface area contributed by atoms with Gasteiger partial charge < -0.3 is 10.3 Å². The molecule has 0 bridgehead atoms. The fraction of sp³-hybridized carbons (Fsp3) is 0.286. The van der Waals surface area contributed by atoms with Gasteiger partial charge in [-0.3, -0.25) is 19.1 Å². The number of aromatic amines is 1. The van der Waals surface area contributed by atoms with Gasteiger partial charge in [-0.15, -0.1) is 0 Å². The monoisotopic (exact) mass is 378 g/mol. The number of H-pyrrole nitrogens is 1. The van der Waals surface area contributed by atoms with Crippen LogP contribution in [0.1, 0.15) is 19.3 Å². The summed E-state index contributed by atoms with van der Waals surface area (Å²) in [4.78, 5) is 41.4. The van der Waals surface area contributed by atoms with Gasteiger partial charge >= 0.3 is 5.69 Å². The molecule has 1 unspecified atom stereocenters. The largest absolute Gasteiger partial charge is 0.354 e. The van der Waals surface area contributed by atoms with E-state index in [2.05, 4.69) is 10.3 Å². The molecule has 1 aromatic heterocycles. The fourth-order valence-electron chi connectivity index (χ4n) is 3.74. The lowest BCUT2D eigenvalue weighted by molar-refractivity contribution is -0.123. The van der Waals surface area contributed by atoms with Crippen LogP contribution in [-0.2, 0) is 16.1 Å². The highest BCUT2D eigenvalue weighted by Crippen LogP contribution is 2.26. The van der Waals surface area contributed by atoms with Gasteiger partial charge in [0.1, 0.15) is 6.04 Å². The summed E-state index contributed by atoms with van der Waals surface area (Å²) >= 11 is 0. The van der Waals surface area contributed by atoms with Crippen LogP contribution < -0.4 is 15.9 Å². The molecule has 28 heavy (non-hydrogen) atoms. The molecule has 2 aromatic carbocycles. The van der Waals surface area contributed by atoms with Gasteiger partial charge in [-0.05, 0) is 37.1 Å². The molecule has 1 fully saturated rings. The molecule has 3 aromatic rings. The number of anilines is 1. The number of hydrogen-bond donors (Lipinski definition) is 2. The van der Waals surface area contributed by atoms with Gasteiger partial charge in [0.05, 0.1) is 11.0 Å². The molecule has 0 saturated carbocycles. The number of aromatic nitrogens is 2. The number of amides is 2. The number of carbonyl (C=O) groups is 2. The van der Waals surface area contributed by atoms with Crippen LogP contribution in [0.3, 0.4) is 0 Å². The number of benzene rings is 2. The van der Waals surface area contributed by atoms with Crippen molar-refractivity contribution in [3.63, 3.8) is 0 Å². The maximum atomic E-state index is 12.6. The van der Waals surface area contributed by atoms with Crippen LogP contribution >= 0.6 is 0 Å². The van der Waals surface area contributed by atoms with Crippen molar-refractivity contribution in [2.75, 3.05) is 11.4 Å². The van der Waals surface area contributed by atoms with Gasteiger partial charge in [0, 0.05) is 25.2 Å². The third-order valence-electron chi connectivity index (χ3n) is 5.09. The molecule has 1 aliphatic heterocycles. The number of imidazole rings is 1. The second-order valence-electron chi connectivity index (χ2n) is 6.90. The normalized spacial score (nSPS) is 16.6. The Bertz CT molecular complexity index is 1050. The summed E-state index contributed by atoms with van der Waals surface area (Å²) in [5.41, 5.74) is 2.26. The average molecular weight is 378 g/mol. The van der Waals surface area contributed by atoms with E-state index in [0.717, 1.165) is 16.7 Å². The molecule has 144 valence electrons. The Morgan fingerprint density at radius 3 is 2.64 bits per heavy atom. The first kappa shape index (κ1) is 18.0. The van der Waals surface area contributed by atoms with Gasteiger partial charge in [-0.2, -0.15) is 0 Å². The predicted molar refractivity (Wildman–Crippen MR) is 107 cm³/mol. The smallest absolute Gasteiger partial charge is 0.326 e. The molecule has 2 N–H and O–H groups in total. The zero-order valence-corrected chi connectivity index (χ0v) is 15.4. The lowest BCUT2D eigenvalue weighted by Gasteiger charge is -2.24. The molecular formula is C21H22N4O3. The van der Waals surface area contributed by atoms with Crippen molar-refractivity contribution >= 4 is 28.5 Å². The minimum atomic E-state index is -0.481. The molecule has 1 aliphatic rings. The third kappa shape index (κ3) is 3.43. The summed E-state index contributed by atoms with van der Waals surface area (Å²) in [6, 6.07) is 16.3. The second-order valence-corrected chi connectivity index (χ2v) is 6.90. The topological polar surface area (TPSA) is 87.2 Å². The number of carbonyl (C=O) groups excluding carboxylic acids is 2. The number of hydrogen-bond acceptors (Lipinski definition) is 3. The molecule has 0 spiro atoms. The highest BCUT2D eigenvalue weighted by Gasteiger charge is 2.36. The maximum Gasteiger partial charge on any atom is 0.326 e. The molecule has 7 heteroatoms. The predicted octanol–water partition coefficient (Wildman–Crippen LogP) is 2.03. The summed E-state index contributed by atoms with van der Waals surface area (Å²) < 4.78 is 1.68. The van der Waals surface area contributed by atoms with E-state index in [1.54, 1.807) is 9.47 Å². The highest BCUT2D eigenvalue weighted by atomic mass is 16.2. The minimum absolute atomic E-state index is 0.0308. The number of nitrogens with one attached hydrogen (secondary N) is 2. The lowest BCUT2D eigenvalue weighted by Crippen LogP contribution is -2.45. The van der Waals surface area contributed by atoms with Crippen LogP contribution in [0.15, 0.2) is 59.4 Å². The van der Waals surface area contributed by atoms with E-state index < -0.39 is 6.04 Å². The van der Waals surface area contributed by atoms with Crippen LogP contribution in [0, 0.1) is 0 Å². The van der Waals surface area contributed by atoms with Gasteiger partial charge in [-0.1, -0.05) is 30.3 Å². The number of aryl methyl sites for hydroxylation is 1. The summed E-state index contributed by atoms with van der Waals surface area (Å²) in [6.07, 6.45) is 1.51. The summed E-state index contributed by atoms with van der Waals surface area (Å²) in [6.45, 7) is 0.952. The quantitative estimate of drug-likeness (QED) is 0.644. The van der Waals surface area contributed by atoms with E-state index >= 15 is 0 Å². The zero-order chi connectivity index (χ0) is 19.5. The van der Waals surface area contributed by atoms with Crippen LogP contribution in [0.4, 0.5) is 5.69 Å². The first-order chi connectivity index (χ1) is 13.6. The van der Waals surface area contributed by atoms with Crippen molar-refractivity contribution in [3.05, 3.63) is 65.1 Å². The maximum absolute atomic E-state index is 12.6. The van der Waals surface area contributed by atoms with Crippen molar-refractivity contribution in [3.8, 4) is 0 Å². The number of fused-ring (bicyclic) bond motifs is 1. The van der Waals surface area contributed by atoms with E-state index in [1.165, 1.54) is 0 Å². The van der Waals surface area contributed by atoms with Crippen molar-refractivity contribution < 1.29 is 9.59 Å². The Morgan fingerprint density at radius 2 is 1.82 bits per heavy atom. The van der Waals surface area contributed by atoms with Crippen molar-refractivity contribution in [1.82, 2.24) is 14.9 Å². The Kier molecular flexibility index (Phi) is 4.97. The summed E-state index contributed by atoms with van der Waals surface area (Å²) in [5.74, 6) is -0.183. The number of nitrogens with zero attached hydrogens (tertiary/aromatic N) is 2. The molecule has 1 saturated heterocycles. The fourth-order valence-corrected chi connectivity index (χ4v) is 3.74. The van der Waals surface area contributed by atoms with Crippen LogP contribution in [-0.4, -0.2) is 34.0 Å². The second kappa shape index (κ2) is 7.72.